The zero-order chi connectivity index (χ0) is 22.8. The SMILES string of the molecule is CC(C)CCCCCCCCCCCCCCCCCCCCCCCCOC(N)=O. The number of primary amides is 1. The molecular weight excluding hydrogens is 382 g/mol. The summed E-state index contributed by atoms with van der Waals surface area (Å²) in [5.74, 6) is 0.885. The highest BCUT2D eigenvalue weighted by molar-refractivity contribution is 5.64. The van der Waals surface area contributed by atoms with Crippen LogP contribution in [0.25, 0.3) is 0 Å². The summed E-state index contributed by atoms with van der Waals surface area (Å²) in [5, 5.41) is 0. The van der Waals surface area contributed by atoms with Crippen molar-refractivity contribution >= 4 is 6.09 Å². The van der Waals surface area contributed by atoms with Crippen LogP contribution < -0.4 is 5.73 Å². The van der Waals surface area contributed by atoms with Gasteiger partial charge in [-0.25, -0.2) is 4.79 Å². The third kappa shape index (κ3) is 29.3. The molecule has 31 heavy (non-hydrogen) atoms. The third-order valence-electron chi connectivity index (χ3n) is 6.42. The van der Waals surface area contributed by atoms with E-state index >= 15 is 0 Å². The highest BCUT2D eigenvalue weighted by atomic mass is 16.5. The zero-order valence-corrected chi connectivity index (χ0v) is 21.4. The van der Waals surface area contributed by atoms with Gasteiger partial charge < -0.3 is 10.5 Å². The van der Waals surface area contributed by atoms with Crippen LogP contribution in [0, 0.1) is 5.92 Å². The van der Waals surface area contributed by atoms with Crippen molar-refractivity contribution in [3.63, 3.8) is 0 Å². The lowest BCUT2D eigenvalue weighted by molar-refractivity contribution is 0.154. The fraction of sp³-hybridized carbons (Fsp3) is 0.964. The molecule has 0 spiro atoms. The van der Waals surface area contributed by atoms with Crippen molar-refractivity contribution in [3.8, 4) is 0 Å². The fourth-order valence-corrected chi connectivity index (χ4v) is 4.36. The van der Waals surface area contributed by atoms with E-state index in [0.29, 0.717) is 6.61 Å². The van der Waals surface area contributed by atoms with E-state index in [9.17, 15) is 4.79 Å². The van der Waals surface area contributed by atoms with Crippen LogP contribution in [0.15, 0.2) is 0 Å². The Morgan fingerprint density at radius 2 is 0.774 bits per heavy atom. The van der Waals surface area contributed by atoms with Crippen molar-refractivity contribution in [2.75, 3.05) is 6.61 Å². The molecule has 0 radical (unpaired) electrons. The van der Waals surface area contributed by atoms with E-state index < -0.39 is 6.09 Å². The molecule has 0 aliphatic carbocycles. The van der Waals surface area contributed by atoms with Crippen LogP contribution in [-0.4, -0.2) is 12.7 Å². The minimum atomic E-state index is -0.649. The molecule has 2 N–H and O–H groups in total. The molecule has 0 aliphatic heterocycles. The molecule has 0 atom stereocenters. The van der Waals surface area contributed by atoms with E-state index in [1.165, 1.54) is 135 Å². The molecule has 0 rings (SSSR count). The van der Waals surface area contributed by atoms with Crippen molar-refractivity contribution in [3.05, 3.63) is 0 Å². The van der Waals surface area contributed by atoms with Gasteiger partial charge in [0, 0.05) is 0 Å². The highest BCUT2D eigenvalue weighted by Crippen LogP contribution is 2.16. The van der Waals surface area contributed by atoms with Gasteiger partial charge in [0.05, 0.1) is 6.61 Å². The summed E-state index contributed by atoms with van der Waals surface area (Å²) >= 11 is 0. The maximum absolute atomic E-state index is 10.4. The first-order valence-corrected chi connectivity index (χ1v) is 14.0. The van der Waals surface area contributed by atoms with Crippen LogP contribution in [0.3, 0.4) is 0 Å². The molecule has 0 unspecified atom stereocenters. The summed E-state index contributed by atoms with van der Waals surface area (Å²) in [5.41, 5.74) is 4.93. The average Bonchev–Trinajstić information content (AvgIpc) is 2.73. The number of nitrogens with two attached hydrogens (primary N) is 1. The summed E-state index contributed by atoms with van der Waals surface area (Å²) < 4.78 is 4.73. The first kappa shape index (κ1) is 30.3. The van der Waals surface area contributed by atoms with Crippen LogP contribution >= 0.6 is 0 Å². The minimum absolute atomic E-state index is 0.480. The van der Waals surface area contributed by atoms with Crippen LogP contribution in [0.4, 0.5) is 4.79 Å². The van der Waals surface area contributed by atoms with Gasteiger partial charge in [0.1, 0.15) is 0 Å². The van der Waals surface area contributed by atoms with E-state index in [4.69, 9.17) is 10.5 Å². The summed E-state index contributed by atoms with van der Waals surface area (Å²) in [4.78, 5) is 10.4. The van der Waals surface area contributed by atoms with Crippen molar-refractivity contribution in [1.29, 1.82) is 0 Å². The van der Waals surface area contributed by atoms with Crippen molar-refractivity contribution < 1.29 is 9.53 Å². The van der Waals surface area contributed by atoms with Gasteiger partial charge in [-0.1, -0.05) is 155 Å². The number of hydrogen-bond acceptors (Lipinski definition) is 2. The van der Waals surface area contributed by atoms with E-state index in [-0.39, 0.29) is 0 Å². The third-order valence-corrected chi connectivity index (χ3v) is 6.42. The Bertz CT molecular complexity index is 357. The number of ether oxygens (including phenoxy) is 1. The number of hydrogen-bond donors (Lipinski definition) is 1. The molecule has 0 aromatic heterocycles. The highest BCUT2D eigenvalue weighted by Gasteiger charge is 1.97. The second kappa shape index (κ2) is 25.5. The molecule has 186 valence electrons. The number of carbonyl (C=O) groups is 1. The molecule has 0 heterocycles. The molecular formula is C28H57NO2. The Labute approximate surface area is 195 Å². The van der Waals surface area contributed by atoms with Gasteiger partial charge in [-0.3, -0.25) is 0 Å². The Hall–Kier alpha value is -0.730. The van der Waals surface area contributed by atoms with Gasteiger partial charge in [-0.2, -0.15) is 0 Å². The first-order chi connectivity index (χ1) is 15.1. The molecule has 0 saturated heterocycles. The first-order valence-electron chi connectivity index (χ1n) is 14.0. The Morgan fingerprint density at radius 1 is 0.516 bits per heavy atom. The number of carbonyl (C=O) groups excluding carboxylic acids is 1. The van der Waals surface area contributed by atoms with Gasteiger partial charge in [0.15, 0.2) is 0 Å². The average molecular weight is 440 g/mol. The Kier molecular flexibility index (Phi) is 24.9. The number of unbranched alkanes of at least 4 members (excludes halogenated alkanes) is 21. The normalized spacial score (nSPS) is 11.3. The zero-order valence-electron chi connectivity index (χ0n) is 21.4. The van der Waals surface area contributed by atoms with Crippen LogP contribution in [0.2, 0.25) is 0 Å². The topological polar surface area (TPSA) is 52.3 Å². The molecule has 0 aromatic carbocycles. The van der Waals surface area contributed by atoms with E-state index in [0.717, 1.165) is 18.8 Å². The minimum Gasteiger partial charge on any atom is -0.450 e. The molecule has 0 saturated carbocycles. The second-order valence-corrected chi connectivity index (χ2v) is 10.1. The Morgan fingerprint density at radius 3 is 1.03 bits per heavy atom. The van der Waals surface area contributed by atoms with Crippen molar-refractivity contribution in [2.24, 2.45) is 11.7 Å². The fourth-order valence-electron chi connectivity index (χ4n) is 4.36. The van der Waals surface area contributed by atoms with Gasteiger partial charge >= 0.3 is 6.09 Å². The van der Waals surface area contributed by atoms with Gasteiger partial charge in [-0.15, -0.1) is 0 Å². The maximum atomic E-state index is 10.4. The van der Waals surface area contributed by atoms with Crippen molar-refractivity contribution in [1.82, 2.24) is 0 Å². The summed E-state index contributed by atoms with van der Waals surface area (Å²) in [6.45, 7) is 5.15. The summed E-state index contributed by atoms with van der Waals surface area (Å²) in [6.07, 6.45) is 31.4. The lowest BCUT2D eigenvalue weighted by atomic mass is 10.0. The molecule has 0 fully saturated rings. The molecule has 0 aliphatic rings. The smallest absolute Gasteiger partial charge is 0.404 e. The molecule has 3 nitrogen and oxygen atoms in total. The quantitative estimate of drug-likeness (QED) is 0.144. The number of amides is 1. The number of rotatable bonds is 25. The molecule has 0 aromatic rings. The van der Waals surface area contributed by atoms with Crippen molar-refractivity contribution in [2.45, 2.75) is 162 Å². The largest absolute Gasteiger partial charge is 0.450 e. The van der Waals surface area contributed by atoms with Crippen LogP contribution in [0.5, 0.6) is 0 Å². The lowest BCUT2D eigenvalue weighted by Crippen LogP contribution is -2.13. The molecule has 0 bridgehead atoms. The lowest BCUT2D eigenvalue weighted by Gasteiger charge is -2.05. The maximum Gasteiger partial charge on any atom is 0.404 e. The van der Waals surface area contributed by atoms with E-state index in [1.54, 1.807) is 0 Å². The van der Waals surface area contributed by atoms with Crippen LogP contribution in [-0.2, 0) is 4.74 Å². The molecule has 1 amide bonds. The predicted octanol–water partition coefficient (Wildman–Crippen LogP) is 9.71. The van der Waals surface area contributed by atoms with Crippen LogP contribution in [0.1, 0.15) is 162 Å². The standard InChI is InChI=1S/C28H57NO2/c1-27(2)25-23-21-19-17-15-13-11-9-7-5-3-4-6-8-10-12-14-16-18-20-22-24-26-31-28(29)30/h27H,3-26H2,1-2H3,(H2,29,30). The second-order valence-electron chi connectivity index (χ2n) is 10.1. The summed E-state index contributed by atoms with van der Waals surface area (Å²) in [6, 6.07) is 0. The predicted molar refractivity (Wildman–Crippen MR) is 137 cm³/mol. The van der Waals surface area contributed by atoms with E-state index in [2.05, 4.69) is 13.8 Å². The molecule has 3 heteroatoms. The van der Waals surface area contributed by atoms with Gasteiger partial charge in [0.2, 0.25) is 0 Å². The van der Waals surface area contributed by atoms with Gasteiger partial charge in [0.25, 0.3) is 0 Å². The monoisotopic (exact) mass is 439 g/mol. The Balaban J connectivity index is 3.01. The van der Waals surface area contributed by atoms with Gasteiger partial charge in [-0.05, 0) is 12.3 Å². The summed E-state index contributed by atoms with van der Waals surface area (Å²) in [7, 11) is 0. The van der Waals surface area contributed by atoms with E-state index in [1.807, 2.05) is 0 Å².